The molecular weight excluding hydrogens is 252 g/mol. The molecule has 0 radical (unpaired) electrons. The maximum atomic E-state index is 9.48. The minimum Gasteiger partial charge on any atom is -0.392 e. The third-order valence-electron chi connectivity index (χ3n) is 3.36. The first-order valence-corrected chi connectivity index (χ1v) is 6.59. The maximum Gasteiger partial charge on any atom is 0.164 e. The molecule has 0 spiro atoms. The number of aromatic nitrogens is 4. The van der Waals surface area contributed by atoms with E-state index >= 15 is 0 Å². The van der Waals surface area contributed by atoms with Crippen LogP contribution in [0.5, 0.6) is 0 Å². The molecule has 0 saturated carbocycles. The van der Waals surface area contributed by atoms with Crippen molar-refractivity contribution in [1.82, 2.24) is 19.5 Å². The first kappa shape index (κ1) is 12.7. The number of imidazole rings is 1. The van der Waals surface area contributed by atoms with Gasteiger partial charge in [0, 0.05) is 11.6 Å². The average Bonchev–Trinajstić information content (AvgIpc) is 2.91. The van der Waals surface area contributed by atoms with Crippen molar-refractivity contribution >= 4 is 11.2 Å². The van der Waals surface area contributed by atoms with Gasteiger partial charge in [-0.2, -0.15) is 0 Å². The van der Waals surface area contributed by atoms with Crippen LogP contribution in [0.2, 0.25) is 0 Å². The molecule has 3 aromatic rings. The first-order chi connectivity index (χ1) is 9.72. The van der Waals surface area contributed by atoms with E-state index in [1.54, 1.807) is 12.7 Å². The van der Waals surface area contributed by atoms with Gasteiger partial charge in [0.2, 0.25) is 0 Å². The highest BCUT2D eigenvalue weighted by Gasteiger charge is 2.14. The average molecular weight is 268 g/mol. The number of rotatable bonds is 3. The molecule has 0 atom stereocenters. The van der Waals surface area contributed by atoms with Gasteiger partial charge in [-0.15, -0.1) is 0 Å². The Bertz CT molecular complexity index is 748. The summed E-state index contributed by atoms with van der Waals surface area (Å²) in [4.78, 5) is 13.1. The third-order valence-corrected chi connectivity index (χ3v) is 3.36. The van der Waals surface area contributed by atoms with Crippen LogP contribution >= 0.6 is 0 Å². The maximum absolute atomic E-state index is 9.48. The van der Waals surface area contributed by atoms with E-state index in [0.29, 0.717) is 0 Å². The van der Waals surface area contributed by atoms with E-state index in [0.717, 1.165) is 28.0 Å². The normalized spacial score (nSPS) is 11.4. The fourth-order valence-corrected chi connectivity index (χ4v) is 2.32. The molecular formula is C15H16N4O. The number of hydrogen-bond donors (Lipinski definition) is 1. The Balaban J connectivity index is 2.27. The summed E-state index contributed by atoms with van der Waals surface area (Å²) in [6, 6.07) is 7.96. The van der Waals surface area contributed by atoms with Crippen molar-refractivity contribution in [2.45, 2.75) is 26.5 Å². The lowest BCUT2D eigenvalue weighted by Gasteiger charge is -2.09. The molecule has 1 N–H and O–H groups in total. The number of aliphatic hydroxyl groups is 1. The summed E-state index contributed by atoms with van der Waals surface area (Å²) in [5.41, 5.74) is 4.09. The predicted molar refractivity (Wildman–Crippen MR) is 77.1 cm³/mol. The van der Waals surface area contributed by atoms with Gasteiger partial charge >= 0.3 is 0 Å². The van der Waals surface area contributed by atoms with E-state index in [4.69, 9.17) is 0 Å². The molecule has 5 nitrogen and oxygen atoms in total. The van der Waals surface area contributed by atoms with E-state index < -0.39 is 0 Å². The van der Waals surface area contributed by atoms with Gasteiger partial charge < -0.3 is 9.67 Å². The summed E-state index contributed by atoms with van der Waals surface area (Å²) in [5.74, 6) is 0. The Labute approximate surface area is 117 Å². The van der Waals surface area contributed by atoms with E-state index in [2.05, 4.69) is 28.8 Å². The zero-order valence-electron chi connectivity index (χ0n) is 11.5. The fraction of sp³-hybridized carbons (Fsp3) is 0.267. The van der Waals surface area contributed by atoms with Crippen LogP contribution in [0.15, 0.2) is 36.9 Å². The Morgan fingerprint density at radius 2 is 1.95 bits per heavy atom. The Hall–Kier alpha value is -2.27. The van der Waals surface area contributed by atoms with Crippen LogP contribution in [0.1, 0.15) is 25.5 Å². The van der Waals surface area contributed by atoms with Crippen molar-refractivity contribution in [3.8, 4) is 11.3 Å². The first-order valence-electron chi connectivity index (χ1n) is 6.59. The number of aliphatic hydroxyl groups excluding tert-OH is 1. The van der Waals surface area contributed by atoms with Gasteiger partial charge in [-0.25, -0.2) is 15.0 Å². The molecule has 0 bridgehead atoms. The number of fused-ring (bicyclic) bond motifs is 1. The minimum atomic E-state index is -0.0213. The summed E-state index contributed by atoms with van der Waals surface area (Å²) in [6.45, 7) is 4.15. The topological polar surface area (TPSA) is 63.8 Å². The van der Waals surface area contributed by atoms with Crippen molar-refractivity contribution in [3.05, 3.63) is 42.5 Å². The highest BCUT2D eigenvalue weighted by molar-refractivity contribution is 5.88. The van der Waals surface area contributed by atoms with Gasteiger partial charge in [-0.1, -0.05) is 24.3 Å². The van der Waals surface area contributed by atoms with Crippen molar-refractivity contribution in [2.75, 3.05) is 0 Å². The summed E-state index contributed by atoms with van der Waals surface area (Å²) >= 11 is 0. The number of hydrogen-bond acceptors (Lipinski definition) is 4. The quantitative estimate of drug-likeness (QED) is 0.793. The van der Waals surface area contributed by atoms with Crippen LogP contribution in [-0.4, -0.2) is 24.6 Å². The SMILES string of the molecule is CC(C)n1cnc2c(-c3ccccc3CO)ncnc21. The molecule has 3 rings (SSSR count). The van der Waals surface area contributed by atoms with Gasteiger partial charge in [0.25, 0.3) is 0 Å². The molecule has 0 aliphatic rings. The molecule has 0 amide bonds. The molecule has 20 heavy (non-hydrogen) atoms. The van der Waals surface area contributed by atoms with Crippen LogP contribution in [0.25, 0.3) is 22.4 Å². The zero-order valence-corrected chi connectivity index (χ0v) is 11.5. The molecule has 0 aliphatic carbocycles. The van der Waals surface area contributed by atoms with Crippen LogP contribution in [0.3, 0.4) is 0 Å². The van der Waals surface area contributed by atoms with Gasteiger partial charge in [0.15, 0.2) is 5.65 Å². The van der Waals surface area contributed by atoms with Crippen LogP contribution in [-0.2, 0) is 6.61 Å². The smallest absolute Gasteiger partial charge is 0.164 e. The van der Waals surface area contributed by atoms with Crippen LogP contribution < -0.4 is 0 Å². The molecule has 5 heteroatoms. The molecule has 102 valence electrons. The summed E-state index contributed by atoms with van der Waals surface area (Å²) in [7, 11) is 0. The van der Waals surface area contributed by atoms with Crippen molar-refractivity contribution in [2.24, 2.45) is 0 Å². The predicted octanol–water partition coefficient (Wildman–Crippen LogP) is 2.57. The van der Waals surface area contributed by atoms with Gasteiger partial charge in [0.05, 0.1) is 12.9 Å². The standard InChI is InChI=1S/C15H16N4O/c1-10(2)19-9-18-14-13(16-8-17-15(14)19)12-6-4-3-5-11(12)7-20/h3-6,8-10,20H,7H2,1-2H3. The monoisotopic (exact) mass is 268 g/mol. The molecule has 2 aromatic heterocycles. The molecule has 0 aliphatic heterocycles. The minimum absolute atomic E-state index is 0.0213. The number of nitrogens with zero attached hydrogens (tertiary/aromatic N) is 4. The Morgan fingerprint density at radius 3 is 2.70 bits per heavy atom. The van der Waals surface area contributed by atoms with Gasteiger partial charge in [-0.05, 0) is 19.4 Å². The van der Waals surface area contributed by atoms with Crippen molar-refractivity contribution in [1.29, 1.82) is 0 Å². The van der Waals surface area contributed by atoms with Crippen LogP contribution in [0, 0.1) is 0 Å². The number of benzene rings is 1. The Morgan fingerprint density at radius 1 is 1.15 bits per heavy atom. The van der Waals surface area contributed by atoms with Gasteiger partial charge in [0.1, 0.15) is 17.5 Å². The van der Waals surface area contributed by atoms with Crippen molar-refractivity contribution in [3.63, 3.8) is 0 Å². The summed E-state index contributed by atoms with van der Waals surface area (Å²) < 4.78 is 2.02. The highest BCUT2D eigenvalue weighted by atomic mass is 16.3. The lowest BCUT2D eigenvalue weighted by atomic mass is 10.0. The summed E-state index contributed by atoms with van der Waals surface area (Å²) in [5, 5.41) is 9.48. The lowest BCUT2D eigenvalue weighted by molar-refractivity contribution is 0.282. The third kappa shape index (κ3) is 1.96. The molecule has 1 aromatic carbocycles. The second-order valence-corrected chi connectivity index (χ2v) is 4.96. The summed E-state index contributed by atoms with van der Waals surface area (Å²) in [6.07, 6.45) is 3.33. The van der Waals surface area contributed by atoms with Gasteiger partial charge in [-0.3, -0.25) is 0 Å². The highest BCUT2D eigenvalue weighted by Crippen LogP contribution is 2.28. The second kappa shape index (κ2) is 5.02. The molecule has 0 saturated heterocycles. The zero-order chi connectivity index (χ0) is 14.1. The second-order valence-electron chi connectivity index (χ2n) is 4.96. The lowest BCUT2D eigenvalue weighted by Crippen LogP contribution is -2.00. The van der Waals surface area contributed by atoms with E-state index in [1.807, 2.05) is 28.8 Å². The van der Waals surface area contributed by atoms with Crippen LogP contribution in [0.4, 0.5) is 0 Å². The van der Waals surface area contributed by atoms with E-state index in [9.17, 15) is 5.11 Å². The Kier molecular flexibility index (Phi) is 3.20. The van der Waals surface area contributed by atoms with E-state index in [-0.39, 0.29) is 12.6 Å². The fourth-order valence-electron chi connectivity index (χ4n) is 2.32. The molecule has 0 unspecified atom stereocenters. The molecule has 0 fully saturated rings. The van der Waals surface area contributed by atoms with E-state index in [1.165, 1.54) is 0 Å². The largest absolute Gasteiger partial charge is 0.392 e. The molecule has 2 heterocycles. The van der Waals surface area contributed by atoms with Crippen molar-refractivity contribution < 1.29 is 5.11 Å².